The van der Waals surface area contributed by atoms with Crippen LogP contribution < -0.4 is 11.1 Å². The zero-order chi connectivity index (χ0) is 21.8. The van der Waals surface area contributed by atoms with Gasteiger partial charge in [0.1, 0.15) is 0 Å². The number of carbonyl (C=O) groups excluding carboxylic acids is 2. The predicted molar refractivity (Wildman–Crippen MR) is 118 cm³/mol. The summed E-state index contributed by atoms with van der Waals surface area (Å²) in [5.41, 5.74) is 8.23. The van der Waals surface area contributed by atoms with Gasteiger partial charge in [-0.05, 0) is 36.2 Å². The van der Waals surface area contributed by atoms with Crippen molar-refractivity contribution in [2.45, 2.75) is 39.2 Å². The van der Waals surface area contributed by atoms with E-state index < -0.39 is 6.09 Å². The number of carbonyl (C=O) groups is 2. The maximum atomic E-state index is 12.4. The van der Waals surface area contributed by atoms with Crippen LogP contribution in [0.3, 0.4) is 0 Å². The second-order valence-corrected chi connectivity index (χ2v) is 7.06. The minimum atomic E-state index is -0.443. The molecule has 0 aromatic heterocycles. The molecule has 0 aliphatic heterocycles. The van der Waals surface area contributed by atoms with Crippen LogP contribution in [-0.2, 0) is 11.3 Å². The van der Waals surface area contributed by atoms with Crippen LogP contribution in [0.1, 0.15) is 48.5 Å². The summed E-state index contributed by atoms with van der Waals surface area (Å²) in [4.78, 5) is 26.2. The second kappa shape index (κ2) is 12.5. The van der Waals surface area contributed by atoms with E-state index in [2.05, 4.69) is 12.2 Å². The molecule has 0 aliphatic rings. The standard InChI is InChI=1S/C23H31N3O4/c1-2-3-4-7-16-30-23(29)26(14-15-27)17-18-10-12-19(13-11-18)22(28)25-21-9-6-5-8-20(21)24/h5-6,8-13,27H,2-4,7,14-17,24H2,1H3,(H,25,28). The minimum absolute atomic E-state index is 0.149. The molecule has 0 saturated heterocycles. The maximum Gasteiger partial charge on any atom is 0.410 e. The zero-order valence-electron chi connectivity index (χ0n) is 17.5. The molecule has 2 amide bonds. The topological polar surface area (TPSA) is 105 Å². The summed E-state index contributed by atoms with van der Waals surface area (Å²) >= 11 is 0. The summed E-state index contributed by atoms with van der Waals surface area (Å²) in [7, 11) is 0. The molecule has 0 atom stereocenters. The molecule has 2 aromatic rings. The fourth-order valence-electron chi connectivity index (χ4n) is 2.92. The molecule has 0 saturated carbocycles. The number of anilines is 2. The van der Waals surface area contributed by atoms with E-state index in [4.69, 9.17) is 10.5 Å². The Hall–Kier alpha value is -3.06. The third-order valence-electron chi connectivity index (χ3n) is 4.65. The van der Waals surface area contributed by atoms with Crippen LogP contribution in [0.25, 0.3) is 0 Å². The Labute approximate surface area is 177 Å². The van der Waals surface area contributed by atoms with Gasteiger partial charge in [0.2, 0.25) is 0 Å². The van der Waals surface area contributed by atoms with Gasteiger partial charge in [-0.15, -0.1) is 0 Å². The SMILES string of the molecule is CCCCCCOC(=O)N(CCO)Cc1ccc(C(=O)Nc2ccccc2N)cc1. The number of nitrogens with two attached hydrogens (primary N) is 1. The van der Waals surface area contributed by atoms with Gasteiger partial charge < -0.3 is 25.8 Å². The summed E-state index contributed by atoms with van der Waals surface area (Å²) in [5.74, 6) is -0.266. The van der Waals surface area contributed by atoms with E-state index >= 15 is 0 Å². The number of rotatable bonds is 11. The first kappa shape index (κ1) is 23.2. The molecule has 0 unspecified atom stereocenters. The maximum absolute atomic E-state index is 12.4. The number of nitrogens with zero attached hydrogens (tertiary/aromatic N) is 1. The highest BCUT2D eigenvalue weighted by molar-refractivity contribution is 6.05. The molecule has 7 nitrogen and oxygen atoms in total. The lowest BCUT2D eigenvalue weighted by molar-refractivity contribution is 0.0898. The van der Waals surface area contributed by atoms with Gasteiger partial charge in [-0.25, -0.2) is 4.79 Å². The number of unbranched alkanes of at least 4 members (excludes halogenated alkanes) is 3. The molecule has 0 radical (unpaired) electrons. The quantitative estimate of drug-likeness (QED) is 0.381. The third kappa shape index (κ3) is 7.40. The molecule has 0 bridgehead atoms. The van der Waals surface area contributed by atoms with Crippen molar-refractivity contribution in [3.8, 4) is 0 Å². The van der Waals surface area contributed by atoms with E-state index in [1.165, 1.54) is 4.90 Å². The average Bonchev–Trinajstić information content (AvgIpc) is 2.75. The van der Waals surface area contributed by atoms with Crippen molar-refractivity contribution in [3.05, 3.63) is 59.7 Å². The highest BCUT2D eigenvalue weighted by atomic mass is 16.6. The average molecular weight is 414 g/mol. The lowest BCUT2D eigenvalue weighted by Crippen LogP contribution is -2.33. The number of nitrogens with one attached hydrogen (secondary N) is 1. The zero-order valence-corrected chi connectivity index (χ0v) is 17.5. The second-order valence-electron chi connectivity index (χ2n) is 7.06. The Bertz CT molecular complexity index is 808. The van der Waals surface area contributed by atoms with Crippen molar-refractivity contribution in [1.82, 2.24) is 4.90 Å². The smallest absolute Gasteiger partial charge is 0.410 e. The third-order valence-corrected chi connectivity index (χ3v) is 4.65. The number of para-hydroxylation sites is 2. The van der Waals surface area contributed by atoms with Gasteiger partial charge in [0.05, 0.1) is 24.6 Å². The van der Waals surface area contributed by atoms with Crippen molar-refractivity contribution in [3.63, 3.8) is 0 Å². The summed E-state index contributed by atoms with van der Waals surface area (Å²) in [6, 6.07) is 14.0. The molecule has 7 heteroatoms. The van der Waals surface area contributed by atoms with Gasteiger partial charge >= 0.3 is 6.09 Å². The van der Waals surface area contributed by atoms with E-state index in [1.807, 2.05) is 0 Å². The van der Waals surface area contributed by atoms with Crippen LogP contribution in [0.15, 0.2) is 48.5 Å². The van der Waals surface area contributed by atoms with Crippen molar-refractivity contribution in [1.29, 1.82) is 0 Å². The fourth-order valence-corrected chi connectivity index (χ4v) is 2.92. The highest BCUT2D eigenvalue weighted by Gasteiger charge is 2.15. The van der Waals surface area contributed by atoms with Crippen molar-refractivity contribution >= 4 is 23.4 Å². The molecule has 30 heavy (non-hydrogen) atoms. The Morgan fingerprint density at radius 1 is 1.07 bits per heavy atom. The normalized spacial score (nSPS) is 10.5. The van der Waals surface area contributed by atoms with E-state index in [0.717, 1.165) is 31.2 Å². The molecule has 2 rings (SSSR count). The predicted octanol–water partition coefficient (Wildman–Crippen LogP) is 4.03. The molecule has 2 aromatic carbocycles. The van der Waals surface area contributed by atoms with Crippen molar-refractivity contribution in [2.24, 2.45) is 0 Å². The van der Waals surface area contributed by atoms with E-state index in [9.17, 15) is 14.7 Å². The molecular weight excluding hydrogens is 382 g/mol. The van der Waals surface area contributed by atoms with Gasteiger partial charge in [0.25, 0.3) is 5.91 Å². The number of aliphatic hydroxyl groups excluding tert-OH is 1. The largest absolute Gasteiger partial charge is 0.449 e. The minimum Gasteiger partial charge on any atom is -0.449 e. The first-order valence-corrected chi connectivity index (χ1v) is 10.3. The molecule has 162 valence electrons. The van der Waals surface area contributed by atoms with Gasteiger partial charge in [0, 0.05) is 18.7 Å². The van der Waals surface area contributed by atoms with Gasteiger partial charge in [-0.2, -0.15) is 0 Å². The molecular formula is C23H31N3O4. The summed E-state index contributed by atoms with van der Waals surface area (Å²) in [6.07, 6.45) is 3.66. The lowest BCUT2D eigenvalue weighted by Gasteiger charge is -2.21. The Kier molecular flexibility index (Phi) is 9.67. The van der Waals surface area contributed by atoms with Crippen molar-refractivity contribution < 1.29 is 19.4 Å². The van der Waals surface area contributed by atoms with Crippen LogP contribution in [0.5, 0.6) is 0 Å². The van der Waals surface area contributed by atoms with Crippen LogP contribution in [0.4, 0.5) is 16.2 Å². The van der Waals surface area contributed by atoms with Crippen LogP contribution >= 0.6 is 0 Å². The summed E-state index contributed by atoms with van der Waals surface area (Å²) < 4.78 is 5.31. The lowest BCUT2D eigenvalue weighted by atomic mass is 10.1. The Morgan fingerprint density at radius 2 is 1.80 bits per heavy atom. The molecule has 4 N–H and O–H groups in total. The number of hydrogen-bond donors (Lipinski definition) is 3. The van der Waals surface area contributed by atoms with E-state index in [1.54, 1.807) is 48.5 Å². The number of benzene rings is 2. The van der Waals surface area contributed by atoms with Gasteiger partial charge in [0.15, 0.2) is 0 Å². The monoisotopic (exact) mass is 413 g/mol. The first-order chi connectivity index (χ1) is 14.5. The van der Waals surface area contributed by atoms with E-state index in [0.29, 0.717) is 30.1 Å². The summed E-state index contributed by atoms with van der Waals surface area (Å²) in [6.45, 7) is 2.83. The molecule has 0 aliphatic carbocycles. The first-order valence-electron chi connectivity index (χ1n) is 10.3. The molecule has 0 heterocycles. The highest BCUT2D eigenvalue weighted by Crippen LogP contribution is 2.18. The number of amides is 2. The van der Waals surface area contributed by atoms with Gasteiger partial charge in [-0.3, -0.25) is 4.79 Å². The number of ether oxygens (including phenoxy) is 1. The summed E-state index contributed by atoms with van der Waals surface area (Å²) in [5, 5.41) is 12.1. The van der Waals surface area contributed by atoms with Gasteiger partial charge in [-0.1, -0.05) is 50.5 Å². The number of nitrogen functional groups attached to an aromatic ring is 1. The van der Waals surface area contributed by atoms with Crippen LogP contribution in [0, 0.1) is 0 Å². The van der Waals surface area contributed by atoms with E-state index in [-0.39, 0.29) is 19.1 Å². The number of aliphatic hydroxyl groups is 1. The molecule has 0 fully saturated rings. The van der Waals surface area contributed by atoms with Crippen molar-refractivity contribution in [2.75, 3.05) is 30.8 Å². The number of hydrogen-bond acceptors (Lipinski definition) is 5. The Balaban J connectivity index is 1.92. The fraction of sp³-hybridized carbons (Fsp3) is 0.391. The van der Waals surface area contributed by atoms with Crippen LogP contribution in [0.2, 0.25) is 0 Å². The Morgan fingerprint density at radius 3 is 2.47 bits per heavy atom. The van der Waals surface area contributed by atoms with Crippen LogP contribution in [-0.4, -0.2) is 41.8 Å². The molecule has 0 spiro atoms.